The molecule has 2 aliphatic rings. The van der Waals surface area contributed by atoms with Crippen molar-refractivity contribution in [3.63, 3.8) is 0 Å². The molecule has 164 valence electrons. The van der Waals surface area contributed by atoms with Gasteiger partial charge >= 0.3 is 0 Å². The molecule has 0 aliphatic carbocycles. The van der Waals surface area contributed by atoms with E-state index in [1.54, 1.807) is 4.52 Å². The first-order valence-corrected chi connectivity index (χ1v) is 11.3. The summed E-state index contributed by atoms with van der Waals surface area (Å²) in [5.74, 6) is 1.37. The molecule has 1 saturated heterocycles. The maximum absolute atomic E-state index is 5.99. The van der Waals surface area contributed by atoms with Crippen LogP contribution in [0.2, 0.25) is 0 Å². The molecule has 1 fully saturated rings. The molecule has 32 heavy (non-hydrogen) atoms. The number of piperazine rings is 1. The van der Waals surface area contributed by atoms with Gasteiger partial charge < -0.3 is 19.9 Å². The highest BCUT2D eigenvalue weighted by Gasteiger charge is 2.24. The summed E-state index contributed by atoms with van der Waals surface area (Å²) in [6, 6.07) is 10.4. The third kappa shape index (κ3) is 3.12. The van der Waals surface area contributed by atoms with Crippen molar-refractivity contribution in [1.29, 1.82) is 0 Å². The zero-order valence-corrected chi connectivity index (χ0v) is 18.2. The second-order valence-electron chi connectivity index (χ2n) is 8.24. The average Bonchev–Trinajstić information content (AvgIpc) is 3.29. The van der Waals surface area contributed by atoms with Gasteiger partial charge in [0.1, 0.15) is 18.0 Å². The Morgan fingerprint density at radius 2 is 1.94 bits per heavy atom. The van der Waals surface area contributed by atoms with Gasteiger partial charge in [0.15, 0.2) is 5.75 Å². The van der Waals surface area contributed by atoms with Crippen LogP contribution in [0.1, 0.15) is 13.3 Å². The minimum absolute atomic E-state index is 0.621. The Balaban J connectivity index is 1.45. The molecule has 9 heteroatoms. The highest BCUT2D eigenvalue weighted by Crippen LogP contribution is 2.35. The molecule has 1 N–H and O–H groups in total. The Hall–Kier alpha value is -3.46. The molecule has 0 amide bonds. The molecular weight excluding hydrogens is 404 g/mol. The number of anilines is 2. The Labute approximate surface area is 186 Å². The maximum atomic E-state index is 5.99. The lowest BCUT2D eigenvalue weighted by molar-refractivity contribution is 0.308. The molecular formula is C23H26N8O. The van der Waals surface area contributed by atoms with Crippen molar-refractivity contribution in [2.75, 3.05) is 55.7 Å². The van der Waals surface area contributed by atoms with E-state index in [4.69, 9.17) is 9.72 Å². The third-order valence-corrected chi connectivity index (χ3v) is 6.20. The largest absolute Gasteiger partial charge is 0.486 e. The number of para-hydroxylation sites is 1. The standard InChI is InChI=1S/C23H26N8O/c1-2-10-29-13-14-32-21-19(29)15-25-31-22(27-28-23(21)31)17-7-6-16-4-3-5-18(20(16)26-17)30-11-8-24-9-12-30/h3-7,15,24H,2,8-14H2,1H3. The molecule has 4 aromatic rings. The van der Waals surface area contributed by atoms with Gasteiger partial charge in [0.05, 0.1) is 23.9 Å². The maximum Gasteiger partial charge on any atom is 0.222 e. The van der Waals surface area contributed by atoms with Crippen molar-refractivity contribution in [3.8, 4) is 17.3 Å². The molecule has 0 atom stereocenters. The lowest BCUT2D eigenvalue weighted by Crippen LogP contribution is -2.43. The van der Waals surface area contributed by atoms with Crippen molar-refractivity contribution in [1.82, 2.24) is 30.1 Å². The monoisotopic (exact) mass is 430 g/mol. The second kappa shape index (κ2) is 7.90. The Morgan fingerprint density at radius 3 is 2.81 bits per heavy atom. The summed E-state index contributed by atoms with van der Waals surface area (Å²) in [5.41, 5.74) is 4.50. The topological polar surface area (TPSA) is 83.7 Å². The number of hydrogen-bond acceptors (Lipinski definition) is 8. The summed E-state index contributed by atoms with van der Waals surface area (Å²) in [6.45, 7) is 8.55. The first kappa shape index (κ1) is 19.2. The van der Waals surface area contributed by atoms with Gasteiger partial charge in [-0.3, -0.25) is 0 Å². The summed E-state index contributed by atoms with van der Waals surface area (Å²) in [6.07, 6.45) is 2.93. The molecule has 1 aromatic carbocycles. The summed E-state index contributed by atoms with van der Waals surface area (Å²) in [5, 5.41) is 18.1. The summed E-state index contributed by atoms with van der Waals surface area (Å²) >= 11 is 0. The molecule has 0 spiro atoms. The van der Waals surface area contributed by atoms with Crippen molar-refractivity contribution < 1.29 is 4.74 Å². The van der Waals surface area contributed by atoms with Gasteiger partial charge in [-0.25, -0.2) is 4.98 Å². The van der Waals surface area contributed by atoms with Crippen molar-refractivity contribution in [3.05, 3.63) is 36.5 Å². The summed E-state index contributed by atoms with van der Waals surface area (Å²) in [4.78, 5) is 9.71. The van der Waals surface area contributed by atoms with E-state index in [0.717, 1.165) is 79.4 Å². The van der Waals surface area contributed by atoms with E-state index >= 15 is 0 Å². The quantitative estimate of drug-likeness (QED) is 0.528. The first-order chi connectivity index (χ1) is 15.8. The number of ether oxygens (including phenoxy) is 1. The lowest BCUT2D eigenvalue weighted by Gasteiger charge is -2.30. The van der Waals surface area contributed by atoms with Gasteiger partial charge in [-0.1, -0.05) is 25.1 Å². The lowest BCUT2D eigenvalue weighted by atomic mass is 10.1. The predicted molar refractivity (Wildman–Crippen MR) is 125 cm³/mol. The van der Waals surface area contributed by atoms with Crippen molar-refractivity contribution in [2.24, 2.45) is 0 Å². The average molecular weight is 431 g/mol. The van der Waals surface area contributed by atoms with Crippen LogP contribution in [0.25, 0.3) is 28.1 Å². The van der Waals surface area contributed by atoms with Gasteiger partial charge in [-0.2, -0.15) is 9.61 Å². The number of nitrogens with one attached hydrogen (secondary N) is 1. The van der Waals surface area contributed by atoms with E-state index in [2.05, 4.69) is 61.6 Å². The van der Waals surface area contributed by atoms with E-state index < -0.39 is 0 Å². The minimum atomic E-state index is 0.621. The van der Waals surface area contributed by atoms with Crippen molar-refractivity contribution in [2.45, 2.75) is 13.3 Å². The number of fused-ring (bicyclic) bond motifs is 4. The van der Waals surface area contributed by atoms with Gasteiger partial charge in [0.2, 0.25) is 11.5 Å². The van der Waals surface area contributed by atoms with E-state index in [1.807, 2.05) is 12.3 Å². The van der Waals surface area contributed by atoms with Gasteiger partial charge in [0.25, 0.3) is 0 Å². The number of pyridine rings is 1. The second-order valence-corrected chi connectivity index (χ2v) is 8.24. The Morgan fingerprint density at radius 1 is 1.03 bits per heavy atom. The van der Waals surface area contributed by atoms with Crippen LogP contribution in [0, 0.1) is 0 Å². The zero-order chi connectivity index (χ0) is 21.5. The fraction of sp³-hybridized carbons (Fsp3) is 0.391. The molecule has 6 rings (SSSR count). The van der Waals surface area contributed by atoms with E-state index in [-0.39, 0.29) is 0 Å². The first-order valence-electron chi connectivity index (χ1n) is 11.3. The van der Waals surface area contributed by atoms with E-state index in [0.29, 0.717) is 18.1 Å². The zero-order valence-electron chi connectivity index (χ0n) is 18.2. The van der Waals surface area contributed by atoms with Crippen LogP contribution in [0.4, 0.5) is 11.4 Å². The van der Waals surface area contributed by atoms with E-state index in [1.165, 1.54) is 0 Å². The Bertz CT molecular complexity index is 1280. The molecule has 0 unspecified atom stereocenters. The van der Waals surface area contributed by atoms with Crippen LogP contribution in [0.3, 0.4) is 0 Å². The number of rotatable bonds is 4. The molecule has 0 bridgehead atoms. The fourth-order valence-corrected chi connectivity index (χ4v) is 4.64. The normalized spacial score (nSPS) is 16.4. The molecule has 2 aliphatic heterocycles. The fourth-order valence-electron chi connectivity index (χ4n) is 4.64. The molecule has 9 nitrogen and oxygen atoms in total. The third-order valence-electron chi connectivity index (χ3n) is 6.20. The predicted octanol–water partition coefficient (Wildman–Crippen LogP) is 2.36. The van der Waals surface area contributed by atoms with Crippen LogP contribution in [0.5, 0.6) is 5.75 Å². The van der Waals surface area contributed by atoms with Gasteiger partial charge in [-0.15, -0.1) is 10.2 Å². The molecule has 0 saturated carbocycles. The highest BCUT2D eigenvalue weighted by atomic mass is 16.5. The van der Waals surface area contributed by atoms with Crippen LogP contribution in [0.15, 0.2) is 36.5 Å². The Kier molecular flexibility index (Phi) is 4.75. The highest BCUT2D eigenvalue weighted by molar-refractivity contribution is 5.92. The summed E-state index contributed by atoms with van der Waals surface area (Å²) < 4.78 is 7.74. The number of nitrogens with zero attached hydrogens (tertiary/aromatic N) is 7. The van der Waals surface area contributed by atoms with E-state index in [9.17, 15) is 0 Å². The van der Waals surface area contributed by atoms with Crippen LogP contribution >= 0.6 is 0 Å². The van der Waals surface area contributed by atoms with Crippen LogP contribution < -0.4 is 19.9 Å². The number of hydrogen-bond donors (Lipinski definition) is 1. The number of benzene rings is 1. The molecule has 5 heterocycles. The smallest absolute Gasteiger partial charge is 0.222 e. The molecule has 3 aromatic heterocycles. The van der Waals surface area contributed by atoms with Crippen molar-refractivity contribution >= 4 is 27.9 Å². The van der Waals surface area contributed by atoms with Gasteiger partial charge in [-0.05, 0) is 18.6 Å². The van der Waals surface area contributed by atoms with Gasteiger partial charge in [0, 0.05) is 38.1 Å². The number of aromatic nitrogens is 5. The SMILES string of the molecule is CCCN1CCOc2c1cnn1c(-c3ccc4cccc(N5CCNCC5)c4n3)nnc21. The summed E-state index contributed by atoms with van der Waals surface area (Å²) in [7, 11) is 0. The van der Waals surface area contributed by atoms with Crippen LogP contribution in [-0.2, 0) is 0 Å². The molecule has 0 radical (unpaired) electrons. The minimum Gasteiger partial charge on any atom is -0.486 e. The van der Waals surface area contributed by atoms with Crippen LogP contribution in [-0.4, -0.2) is 70.7 Å².